The molecule has 0 saturated heterocycles. The van der Waals surface area contributed by atoms with Gasteiger partial charge in [-0.05, 0) is 33.3 Å². The minimum Gasteiger partial charge on any atom is -0.437 e. The lowest BCUT2D eigenvalue weighted by molar-refractivity contribution is -0.118. The average Bonchev–Trinajstić information content (AvgIpc) is 3.01. The third-order valence-electron chi connectivity index (χ3n) is 3.73. The van der Waals surface area contributed by atoms with Crippen LogP contribution in [0.5, 0.6) is 0 Å². The molecule has 2 heterocycles. The molecule has 7 heteroatoms. The van der Waals surface area contributed by atoms with Crippen molar-refractivity contribution in [2.24, 2.45) is 5.41 Å². The van der Waals surface area contributed by atoms with Crippen LogP contribution in [-0.4, -0.2) is 43.0 Å². The molecule has 0 spiro atoms. The van der Waals surface area contributed by atoms with Gasteiger partial charge in [0, 0.05) is 24.9 Å². The fourth-order valence-electron chi connectivity index (χ4n) is 2.52. The predicted octanol–water partition coefficient (Wildman–Crippen LogP) is 2.86. The first kappa shape index (κ1) is 20.0. The standard InChI is InChI=1S/C19H24N2O4S/c1-5-9-20(12-22)10-7-16-21(13-23)15-11-14(6-8-19(2,3)4)26-17(15)18(24)25-16/h11-13,16H,5,7,9-10H2,1-4H3. The summed E-state index contributed by atoms with van der Waals surface area (Å²) in [5, 5.41) is 0. The minimum atomic E-state index is -0.718. The molecule has 0 radical (unpaired) electrons. The smallest absolute Gasteiger partial charge is 0.352 e. The van der Waals surface area contributed by atoms with E-state index in [-0.39, 0.29) is 5.41 Å². The maximum absolute atomic E-state index is 12.3. The van der Waals surface area contributed by atoms with Crippen molar-refractivity contribution in [3.05, 3.63) is 15.8 Å². The Hall–Kier alpha value is -2.33. The molecule has 1 atom stereocenters. The second-order valence-electron chi connectivity index (χ2n) is 7.13. The summed E-state index contributed by atoms with van der Waals surface area (Å²) in [6.45, 7) is 9.03. The zero-order chi connectivity index (χ0) is 19.3. The summed E-state index contributed by atoms with van der Waals surface area (Å²) in [7, 11) is 0. The monoisotopic (exact) mass is 376 g/mol. The van der Waals surface area contributed by atoms with Crippen LogP contribution >= 0.6 is 11.3 Å². The topological polar surface area (TPSA) is 66.9 Å². The SMILES string of the molecule is CCCN(C=O)CCC1OC(=O)c2sc(C#CC(C)(C)C)cc2N1C=O. The number of rotatable bonds is 7. The van der Waals surface area contributed by atoms with Gasteiger partial charge < -0.3 is 9.64 Å². The molecule has 0 aliphatic carbocycles. The largest absolute Gasteiger partial charge is 0.437 e. The van der Waals surface area contributed by atoms with Gasteiger partial charge in [-0.1, -0.05) is 18.8 Å². The summed E-state index contributed by atoms with van der Waals surface area (Å²) >= 11 is 1.23. The number of carbonyl (C=O) groups is 3. The van der Waals surface area contributed by atoms with Gasteiger partial charge in [0.25, 0.3) is 0 Å². The van der Waals surface area contributed by atoms with Gasteiger partial charge in [0.1, 0.15) is 4.88 Å². The summed E-state index contributed by atoms with van der Waals surface area (Å²) in [6, 6.07) is 1.75. The van der Waals surface area contributed by atoms with E-state index in [1.54, 1.807) is 11.0 Å². The van der Waals surface area contributed by atoms with Crippen molar-refractivity contribution < 1.29 is 19.1 Å². The molecular formula is C19H24N2O4S. The lowest BCUT2D eigenvalue weighted by Crippen LogP contribution is -2.44. The Morgan fingerprint density at radius 3 is 2.65 bits per heavy atom. The normalized spacial score (nSPS) is 16.2. The highest BCUT2D eigenvalue weighted by Gasteiger charge is 2.34. The van der Waals surface area contributed by atoms with E-state index in [0.29, 0.717) is 36.5 Å². The number of ether oxygens (including phenoxy) is 1. The van der Waals surface area contributed by atoms with Gasteiger partial charge in [-0.3, -0.25) is 14.5 Å². The lowest BCUT2D eigenvalue weighted by atomic mass is 9.98. The van der Waals surface area contributed by atoms with E-state index in [9.17, 15) is 14.4 Å². The van der Waals surface area contributed by atoms with Gasteiger partial charge in [0.05, 0.1) is 10.6 Å². The zero-order valence-electron chi connectivity index (χ0n) is 15.6. The van der Waals surface area contributed by atoms with Crippen LogP contribution in [0.25, 0.3) is 0 Å². The maximum atomic E-state index is 12.3. The number of cyclic esters (lactones) is 1. The molecule has 0 aromatic carbocycles. The molecule has 0 saturated carbocycles. The molecule has 1 aromatic rings. The number of hydrogen-bond acceptors (Lipinski definition) is 5. The van der Waals surface area contributed by atoms with Crippen LogP contribution in [0.2, 0.25) is 0 Å². The Kier molecular flexibility index (Phi) is 6.43. The van der Waals surface area contributed by atoms with Crippen molar-refractivity contribution in [2.45, 2.75) is 46.8 Å². The van der Waals surface area contributed by atoms with Crippen molar-refractivity contribution in [3.8, 4) is 11.8 Å². The fraction of sp³-hybridized carbons (Fsp3) is 0.526. The van der Waals surface area contributed by atoms with E-state index in [4.69, 9.17) is 4.74 Å². The third kappa shape index (κ3) is 4.85. The van der Waals surface area contributed by atoms with Gasteiger partial charge in [0.15, 0.2) is 6.23 Å². The summed E-state index contributed by atoms with van der Waals surface area (Å²) in [5.74, 6) is 5.73. The number of amides is 2. The van der Waals surface area contributed by atoms with Crippen molar-refractivity contribution >= 4 is 35.8 Å². The first-order valence-electron chi connectivity index (χ1n) is 8.60. The highest BCUT2D eigenvalue weighted by Crippen LogP contribution is 2.36. The Morgan fingerprint density at radius 1 is 1.35 bits per heavy atom. The summed E-state index contributed by atoms with van der Waals surface area (Å²) < 4.78 is 5.42. The molecule has 1 aliphatic rings. The fourth-order valence-corrected chi connectivity index (χ4v) is 3.42. The minimum absolute atomic E-state index is 0.157. The molecular weight excluding hydrogens is 352 g/mol. The highest BCUT2D eigenvalue weighted by molar-refractivity contribution is 7.15. The van der Waals surface area contributed by atoms with E-state index in [1.165, 1.54) is 16.2 Å². The Balaban J connectivity index is 2.22. The van der Waals surface area contributed by atoms with Crippen LogP contribution < -0.4 is 4.90 Å². The van der Waals surface area contributed by atoms with Gasteiger partial charge >= 0.3 is 5.97 Å². The molecule has 2 amide bonds. The summed E-state index contributed by atoms with van der Waals surface area (Å²) in [6.07, 6.45) is 1.92. The Labute approximate surface area is 158 Å². The van der Waals surface area contributed by atoms with Crippen molar-refractivity contribution in [2.75, 3.05) is 18.0 Å². The van der Waals surface area contributed by atoms with Gasteiger partial charge in [0.2, 0.25) is 12.8 Å². The van der Waals surface area contributed by atoms with Gasteiger partial charge in [-0.2, -0.15) is 0 Å². The number of fused-ring (bicyclic) bond motifs is 1. The molecule has 1 unspecified atom stereocenters. The third-order valence-corrected chi connectivity index (χ3v) is 4.75. The number of carbonyl (C=O) groups excluding carboxylic acids is 3. The molecule has 1 aromatic heterocycles. The molecule has 26 heavy (non-hydrogen) atoms. The van der Waals surface area contributed by atoms with Crippen LogP contribution in [0.3, 0.4) is 0 Å². The van der Waals surface area contributed by atoms with Crippen LogP contribution in [0, 0.1) is 17.3 Å². The summed E-state index contributed by atoms with van der Waals surface area (Å²) in [5.41, 5.74) is 0.368. The summed E-state index contributed by atoms with van der Waals surface area (Å²) in [4.78, 5) is 39.1. The highest BCUT2D eigenvalue weighted by atomic mass is 32.1. The molecule has 2 rings (SSSR count). The van der Waals surface area contributed by atoms with Gasteiger partial charge in [-0.15, -0.1) is 11.3 Å². The van der Waals surface area contributed by atoms with E-state index in [0.717, 1.165) is 17.7 Å². The number of thiophene rings is 1. The quantitative estimate of drug-likeness (QED) is 0.417. The second-order valence-corrected chi connectivity index (χ2v) is 8.18. The van der Waals surface area contributed by atoms with Crippen molar-refractivity contribution in [3.63, 3.8) is 0 Å². The van der Waals surface area contributed by atoms with E-state index < -0.39 is 12.2 Å². The molecule has 140 valence electrons. The number of anilines is 1. The molecule has 1 aliphatic heterocycles. The van der Waals surface area contributed by atoms with Crippen molar-refractivity contribution in [1.29, 1.82) is 0 Å². The van der Waals surface area contributed by atoms with Crippen LogP contribution in [-0.2, 0) is 14.3 Å². The zero-order valence-corrected chi connectivity index (χ0v) is 16.4. The number of esters is 1. The second kappa shape index (κ2) is 8.37. The number of nitrogens with zero attached hydrogens (tertiary/aromatic N) is 2. The van der Waals surface area contributed by atoms with E-state index >= 15 is 0 Å². The molecule has 0 N–H and O–H groups in total. The molecule has 6 nitrogen and oxygen atoms in total. The lowest BCUT2D eigenvalue weighted by Gasteiger charge is -2.32. The Bertz CT molecular complexity index is 739. The van der Waals surface area contributed by atoms with Crippen LogP contribution in [0.4, 0.5) is 5.69 Å². The van der Waals surface area contributed by atoms with E-state index in [2.05, 4.69) is 11.8 Å². The first-order valence-corrected chi connectivity index (χ1v) is 9.41. The molecule has 0 bridgehead atoms. The average molecular weight is 376 g/mol. The van der Waals surface area contributed by atoms with Crippen LogP contribution in [0.1, 0.15) is 55.1 Å². The number of hydrogen-bond donors (Lipinski definition) is 0. The van der Waals surface area contributed by atoms with Gasteiger partial charge in [-0.25, -0.2) is 4.79 Å². The Morgan fingerprint density at radius 2 is 2.08 bits per heavy atom. The van der Waals surface area contributed by atoms with Crippen molar-refractivity contribution in [1.82, 2.24) is 4.90 Å². The maximum Gasteiger partial charge on any atom is 0.352 e. The first-order chi connectivity index (χ1) is 12.3. The van der Waals surface area contributed by atoms with Crippen LogP contribution in [0.15, 0.2) is 6.07 Å². The van der Waals surface area contributed by atoms with E-state index in [1.807, 2.05) is 27.7 Å². The predicted molar refractivity (Wildman–Crippen MR) is 101 cm³/mol. The molecule has 0 fully saturated rings.